The van der Waals surface area contributed by atoms with Crippen LogP contribution in [0.15, 0.2) is 38.9 Å². The van der Waals surface area contributed by atoms with Gasteiger partial charge < -0.3 is 37.2 Å². The fourth-order valence-corrected chi connectivity index (χ4v) is 10.6. The van der Waals surface area contributed by atoms with Crippen LogP contribution in [0.25, 0.3) is 0 Å². The molecule has 0 N–H and O–H groups in total. The van der Waals surface area contributed by atoms with Gasteiger partial charge >= 0.3 is 163 Å². The van der Waals surface area contributed by atoms with Gasteiger partial charge in [-0.05, 0) is 0 Å². The zero-order valence-corrected chi connectivity index (χ0v) is 22.6. The second-order valence-electron chi connectivity index (χ2n) is 8.74. The molecule has 1 aliphatic rings. The molecule has 0 saturated heterocycles. The third-order valence-corrected chi connectivity index (χ3v) is 11.0. The third kappa shape index (κ3) is 6.76. The molecule has 1 aliphatic carbocycles. The van der Waals surface area contributed by atoms with Crippen LogP contribution in [-0.4, -0.2) is 8.07 Å². The molecule has 0 amide bonds. The Balaban J connectivity index is 0. The largest absolute Gasteiger partial charge is 1.00 e. The molecule has 2 rings (SSSR count). The zero-order valence-electron chi connectivity index (χ0n) is 17.8. The molecule has 0 aliphatic heterocycles. The molecule has 0 nitrogen and oxygen atoms in total. The van der Waals surface area contributed by atoms with E-state index >= 15 is 0 Å². The molecule has 1 unspecified atom stereocenters. The fourth-order valence-electron chi connectivity index (χ4n) is 4.12. The van der Waals surface area contributed by atoms with Crippen molar-refractivity contribution in [2.75, 3.05) is 0 Å². The van der Waals surface area contributed by atoms with Crippen LogP contribution in [0.4, 0.5) is 0 Å². The molecular weight excluding hydrogens is 447 g/mol. The normalized spacial score (nSPS) is 16.0. The molecule has 1 aromatic rings. The molecule has 1 atom stereocenters. The van der Waals surface area contributed by atoms with Crippen LogP contribution in [0.2, 0.25) is 12.6 Å². The minimum absolute atomic E-state index is 0. The molecule has 0 saturated carbocycles. The predicted octanol–water partition coefficient (Wildman–Crippen LogP) is -2.88. The number of allylic oxidation sites excluding steroid dienone is 4. The van der Waals surface area contributed by atoms with Gasteiger partial charge in [-0.1, -0.05) is 0 Å². The molecule has 1 aromatic carbocycles. The number of halogens is 3. The Kier molecular flexibility index (Phi) is 12.8. The summed E-state index contributed by atoms with van der Waals surface area (Å²) in [7, 11) is -1.70. The maximum Gasteiger partial charge on any atom is -1.00 e. The molecule has 0 spiro atoms. The second-order valence-corrected chi connectivity index (χ2v) is 13.9. The average molecular weight is 480 g/mol. The summed E-state index contributed by atoms with van der Waals surface area (Å²) in [5.41, 5.74) is 4.70. The topological polar surface area (TPSA) is 0 Å². The number of unbranched alkanes of at least 4 members (excludes halogenated alkanes) is 1. The van der Waals surface area contributed by atoms with Gasteiger partial charge in [-0.25, -0.2) is 0 Å². The van der Waals surface area contributed by atoms with Gasteiger partial charge in [0.25, 0.3) is 0 Å². The van der Waals surface area contributed by atoms with E-state index in [1.807, 2.05) is 0 Å². The molecule has 0 heterocycles. The number of aryl methyl sites for hydroxylation is 2. The Morgan fingerprint density at radius 3 is 1.96 bits per heavy atom. The minimum atomic E-state index is -1.70. The van der Waals surface area contributed by atoms with Crippen LogP contribution in [0, 0.1) is 19.3 Å². The first-order valence-corrected chi connectivity index (χ1v) is 12.8. The SMILES string of the molecule is CCCC[Si](C)(C1=[C]([Ti+3])CC=C1C(C)(C)C)c1cc(C)cc(C)c1.[Cl-].[Cl-].[Cl-]. The Morgan fingerprint density at radius 1 is 1.00 bits per heavy atom. The van der Waals surface area contributed by atoms with Gasteiger partial charge in [0, 0.05) is 0 Å². The van der Waals surface area contributed by atoms with Crippen molar-refractivity contribution in [3.63, 3.8) is 0 Å². The molecule has 150 valence electrons. The van der Waals surface area contributed by atoms with E-state index in [0.29, 0.717) is 0 Å². The van der Waals surface area contributed by atoms with Crippen molar-refractivity contribution in [3.8, 4) is 0 Å². The van der Waals surface area contributed by atoms with Crippen molar-refractivity contribution in [1.29, 1.82) is 0 Å². The van der Waals surface area contributed by atoms with E-state index in [-0.39, 0.29) is 42.6 Å². The van der Waals surface area contributed by atoms with Crippen LogP contribution in [0.5, 0.6) is 0 Å². The first-order chi connectivity index (χ1) is 11.1. The van der Waals surface area contributed by atoms with Crippen molar-refractivity contribution in [2.24, 2.45) is 5.41 Å². The summed E-state index contributed by atoms with van der Waals surface area (Å²) in [6.45, 7) is 16.6. The number of hydrogen-bond donors (Lipinski definition) is 0. The van der Waals surface area contributed by atoms with Crippen LogP contribution in [-0.2, 0) is 20.4 Å². The van der Waals surface area contributed by atoms with E-state index in [9.17, 15) is 0 Å². The van der Waals surface area contributed by atoms with Gasteiger partial charge in [0.05, 0.1) is 0 Å². The Labute approximate surface area is 198 Å². The van der Waals surface area contributed by atoms with E-state index in [0.717, 1.165) is 6.42 Å². The number of hydrogen-bond acceptors (Lipinski definition) is 0. The molecule has 5 heteroatoms. The Hall–Kier alpha value is 0.501. The van der Waals surface area contributed by atoms with Crippen LogP contribution in [0.1, 0.15) is 58.1 Å². The quantitative estimate of drug-likeness (QED) is 0.398. The predicted molar refractivity (Wildman–Crippen MR) is 106 cm³/mol. The summed E-state index contributed by atoms with van der Waals surface area (Å²) in [5, 5.41) is 3.40. The maximum atomic E-state index is 2.63. The number of benzene rings is 1. The Morgan fingerprint density at radius 2 is 1.52 bits per heavy atom. The molecule has 0 radical (unpaired) electrons. The summed E-state index contributed by atoms with van der Waals surface area (Å²) in [6, 6.07) is 8.64. The number of rotatable bonds is 5. The van der Waals surface area contributed by atoms with Gasteiger partial charge in [0.2, 0.25) is 0 Å². The van der Waals surface area contributed by atoms with Crippen molar-refractivity contribution in [2.45, 2.75) is 73.4 Å². The zero-order chi connectivity index (χ0) is 18.1. The van der Waals surface area contributed by atoms with Gasteiger partial charge in [0.1, 0.15) is 0 Å². The van der Waals surface area contributed by atoms with E-state index in [4.69, 9.17) is 0 Å². The standard InChI is InChI=1S/C22H33Si.3ClH.Ti/c1-8-9-13-23(7,19-15-17(2)14-18(3)16-19)21-12-10-11-20(21)22(4,5)6;;;;/h11,14-16H,8-10,13H2,1-7H3;3*1H;/q;;;;+3/p-3. The molecule has 0 fully saturated rings. The fraction of sp³-hybridized carbons (Fsp3) is 0.545. The summed E-state index contributed by atoms with van der Waals surface area (Å²) in [4.78, 5) is 0. The van der Waals surface area contributed by atoms with Crippen LogP contribution >= 0.6 is 0 Å². The van der Waals surface area contributed by atoms with Crippen LogP contribution in [0.3, 0.4) is 0 Å². The minimum Gasteiger partial charge on any atom is -1.00 e. The molecule has 0 aromatic heterocycles. The van der Waals surface area contributed by atoms with Crippen molar-refractivity contribution >= 4 is 13.3 Å². The van der Waals surface area contributed by atoms with E-state index in [2.05, 4.69) is 92.8 Å². The smallest absolute Gasteiger partial charge is 1.00 e. The van der Waals surface area contributed by atoms with Crippen molar-refractivity contribution in [3.05, 3.63) is 50.0 Å². The summed E-state index contributed by atoms with van der Waals surface area (Å²) < 4.78 is 1.63. The summed E-state index contributed by atoms with van der Waals surface area (Å²) >= 11 is 2.38. The molecule has 0 bridgehead atoms. The summed E-state index contributed by atoms with van der Waals surface area (Å²) in [5.74, 6) is 0. The molecular formula is C22H33Cl3SiTi. The van der Waals surface area contributed by atoms with Crippen molar-refractivity contribution < 1.29 is 57.7 Å². The van der Waals surface area contributed by atoms with Gasteiger partial charge in [-0.15, -0.1) is 0 Å². The van der Waals surface area contributed by atoms with Gasteiger partial charge in [-0.2, -0.15) is 0 Å². The second kappa shape index (κ2) is 11.6. The average Bonchev–Trinajstić information content (AvgIpc) is 2.86. The van der Waals surface area contributed by atoms with E-state index in [1.54, 1.807) is 19.8 Å². The van der Waals surface area contributed by atoms with Crippen LogP contribution < -0.4 is 42.4 Å². The molecule has 27 heavy (non-hydrogen) atoms. The Bertz CT molecular complexity index is 669. The van der Waals surface area contributed by atoms with Gasteiger partial charge in [0.15, 0.2) is 0 Å². The first-order valence-electron chi connectivity index (χ1n) is 9.34. The van der Waals surface area contributed by atoms with Crippen molar-refractivity contribution in [1.82, 2.24) is 0 Å². The monoisotopic (exact) mass is 478 g/mol. The first kappa shape index (κ1) is 29.7. The summed E-state index contributed by atoms with van der Waals surface area (Å²) in [6.07, 6.45) is 6.30. The van der Waals surface area contributed by atoms with E-state index in [1.165, 1.54) is 30.0 Å². The maximum absolute atomic E-state index is 2.63. The van der Waals surface area contributed by atoms with Gasteiger partial charge in [-0.3, -0.25) is 0 Å². The third-order valence-electron chi connectivity index (χ3n) is 5.33. The van der Waals surface area contributed by atoms with E-state index < -0.39 is 8.07 Å².